The van der Waals surface area contributed by atoms with Gasteiger partial charge in [0.15, 0.2) is 0 Å². The molecule has 1 atom stereocenters. The minimum Gasteiger partial charge on any atom is -0.342 e. The predicted octanol–water partition coefficient (Wildman–Crippen LogP) is 3.75. The Morgan fingerprint density at radius 3 is 2.86 bits per heavy atom. The number of halogens is 4. The molecule has 0 saturated carbocycles. The first-order chi connectivity index (χ1) is 13.7. The van der Waals surface area contributed by atoms with Gasteiger partial charge >= 0.3 is 0 Å². The van der Waals surface area contributed by atoms with Crippen molar-refractivity contribution in [3.05, 3.63) is 48.8 Å². The van der Waals surface area contributed by atoms with Gasteiger partial charge in [-0.25, -0.2) is 13.8 Å². The maximum atomic E-state index is 13.4. The standard InChI is InChI=1S/C18H14Br2F2N4O2S/c19-11-2-1-10(13(20)4-11)3-15-25-14(8-29-15)17(28)24-7-16(27)26-9-18(21,22)5-12(26)6-23/h1-2,4,8,12H,3,5,7,9H2,(H,24,28)/t12-/m0/s1. The Kier molecular flexibility index (Phi) is 6.65. The van der Waals surface area contributed by atoms with Gasteiger partial charge in [0.25, 0.3) is 11.8 Å². The van der Waals surface area contributed by atoms with E-state index in [0.29, 0.717) is 11.4 Å². The molecule has 152 valence electrons. The van der Waals surface area contributed by atoms with Crippen molar-refractivity contribution in [2.75, 3.05) is 13.1 Å². The van der Waals surface area contributed by atoms with Crippen LogP contribution in [0, 0.1) is 11.3 Å². The van der Waals surface area contributed by atoms with Crippen molar-refractivity contribution in [2.24, 2.45) is 0 Å². The van der Waals surface area contributed by atoms with Crippen molar-refractivity contribution in [2.45, 2.75) is 24.8 Å². The van der Waals surface area contributed by atoms with E-state index in [4.69, 9.17) is 5.26 Å². The Morgan fingerprint density at radius 2 is 2.17 bits per heavy atom. The number of alkyl halides is 2. The molecule has 1 aliphatic rings. The van der Waals surface area contributed by atoms with Crippen LogP contribution in [0.3, 0.4) is 0 Å². The number of aromatic nitrogens is 1. The predicted molar refractivity (Wildman–Crippen MR) is 110 cm³/mol. The number of nitrogens with one attached hydrogen (secondary N) is 1. The lowest BCUT2D eigenvalue weighted by molar-refractivity contribution is -0.131. The van der Waals surface area contributed by atoms with Crippen LogP contribution in [0.5, 0.6) is 0 Å². The number of thiazole rings is 1. The Morgan fingerprint density at radius 1 is 1.41 bits per heavy atom. The van der Waals surface area contributed by atoms with E-state index in [0.717, 1.165) is 19.4 Å². The van der Waals surface area contributed by atoms with E-state index in [9.17, 15) is 18.4 Å². The topological polar surface area (TPSA) is 86.1 Å². The summed E-state index contributed by atoms with van der Waals surface area (Å²) in [6.45, 7) is -1.29. The quantitative estimate of drug-likeness (QED) is 0.617. The van der Waals surface area contributed by atoms with Crippen LogP contribution >= 0.6 is 43.2 Å². The number of carbonyl (C=O) groups excluding carboxylic acids is 2. The van der Waals surface area contributed by atoms with Crippen LogP contribution in [0.25, 0.3) is 0 Å². The highest BCUT2D eigenvalue weighted by atomic mass is 79.9. The van der Waals surface area contributed by atoms with Crippen molar-refractivity contribution in [3.8, 4) is 6.07 Å². The van der Waals surface area contributed by atoms with Crippen molar-refractivity contribution in [3.63, 3.8) is 0 Å². The zero-order valence-corrected chi connectivity index (χ0v) is 18.8. The summed E-state index contributed by atoms with van der Waals surface area (Å²) in [4.78, 5) is 29.5. The van der Waals surface area contributed by atoms with E-state index >= 15 is 0 Å². The minimum atomic E-state index is -3.09. The molecule has 0 bridgehead atoms. The second kappa shape index (κ2) is 8.85. The van der Waals surface area contributed by atoms with Crippen molar-refractivity contribution in [1.29, 1.82) is 5.26 Å². The minimum absolute atomic E-state index is 0.148. The van der Waals surface area contributed by atoms with E-state index in [1.54, 1.807) is 11.4 Å². The Labute approximate surface area is 186 Å². The van der Waals surface area contributed by atoms with Crippen LogP contribution in [0.2, 0.25) is 0 Å². The Hall–Kier alpha value is -1.90. The Bertz CT molecular complexity index is 992. The highest BCUT2D eigenvalue weighted by molar-refractivity contribution is 9.11. The molecule has 1 aromatic carbocycles. The molecule has 1 aromatic heterocycles. The molecule has 6 nitrogen and oxygen atoms in total. The number of amides is 2. The molecule has 1 saturated heterocycles. The lowest BCUT2D eigenvalue weighted by Gasteiger charge is -2.19. The summed E-state index contributed by atoms with van der Waals surface area (Å²) >= 11 is 8.17. The average molecular weight is 548 g/mol. The molecular formula is C18H14Br2F2N4O2S. The van der Waals surface area contributed by atoms with Gasteiger partial charge < -0.3 is 10.2 Å². The number of hydrogen-bond donors (Lipinski definition) is 1. The second-order valence-electron chi connectivity index (χ2n) is 6.45. The molecule has 1 aliphatic heterocycles. The fourth-order valence-corrected chi connectivity index (χ4v) is 4.85. The first-order valence-electron chi connectivity index (χ1n) is 8.42. The summed E-state index contributed by atoms with van der Waals surface area (Å²) in [7, 11) is 0. The van der Waals surface area contributed by atoms with Gasteiger partial charge in [-0.2, -0.15) is 5.26 Å². The molecule has 2 amide bonds. The molecule has 1 fully saturated rings. The fourth-order valence-electron chi connectivity index (χ4n) is 2.87. The van der Waals surface area contributed by atoms with Crippen LogP contribution in [0.1, 0.15) is 27.5 Å². The third-order valence-electron chi connectivity index (χ3n) is 4.28. The molecule has 29 heavy (non-hydrogen) atoms. The summed E-state index contributed by atoms with van der Waals surface area (Å²) in [5.74, 6) is -4.39. The summed E-state index contributed by atoms with van der Waals surface area (Å²) < 4.78 is 28.7. The normalized spacial score (nSPS) is 17.8. The van der Waals surface area contributed by atoms with Gasteiger partial charge in [-0.05, 0) is 17.7 Å². The smallest absolute Gasteiger partial charge is 0.271 e. The highest BCUT2D eigenvalue weighted by Crippen LogP contribution is 2.31. The first-order valence-corrected chi connectivity index (χ1v) is 10.9. The number of likely N-dealkylation sites (tertiary alicyclic amines) is 1. The lowest BCUT2D eigenvalue weighted by Crippen LogP contribution is -2.43. The third-order valence-corrected chi connectivity index (χ3v) is 6.36. The van der Waals surface area contributed by atoms with Crippen molar-refractivity contribution < 1.29 is 18.4 Å². The molecule has 2 heterocycles. The van der Waals surface area contributed by atoms with Crippen LogP contribution in [-0.4, -0.2) is 46.8 Å². The van der Waals surface area contributed by atoms with E-state index in [2.05, 4.69) is 42.2 Å². The number of carbonyl (C=O) groups is 2. The lowest BCUT2D eigenvalue weighted by atomic mass is 10.2. The van der Waals surface area contributed by atoms with Crippen LogP contribution in [0.15, 0.2) is 32.5 Å². The molecule has 1 N–H and O–H groups in total. The summed E-state index contributed by atoms with van der Waals surface area (Å²) in [5.41, 5.74) is 1.15. The number of benzene rings is 1. The second-order valence-corrected chi connectivity index (χ2v) is 9.16. The zero-order chi connectivity index (χ0) is 21.2. The van der Waals surface area contributed by atoms with Gasteiger partial charge in [-0.1, -0.05) is 37.9 Å². The molecule has 0 aliphatic carbocycles. The van der Waals surface area contributed by atoms with Crippen LogP contribution in [-0.2, 0) is 11.2 Å². The van der Waals surface area contributed by atoms with E-state index in [1.807, 2.05) is 18.2 Å². The maximum absolute atomic E-state index is 13.4. The SMILES string of the molecule is N#C[C@@H]1CC(F)(F)CN1C(=O)CNC(=O)c1csc(Cc2ccc(Br)cc2Br)n1. The fraction of sp³-hybridized carbons (Fsp3) is 0.333. The van der Waals surface area contributed by atoms with Crippen molar-refractivity contribution >= 4 is 55.0 Å². The van der Waals surface area contributed by atoms with Gasteiger partial charge in [0.2, 0.25) is 5.91 Å². The summed E-state index contributed by atoms with van der Waals surface area (Å²) in [6.07, 6.45) is -0.165. The molecule has 2 aromatic rings. The van der Waals surface area contributed by atoms with Gasteiger partial charge in [0.05, 0.1) is 24.2 Å². The maximum Gasteiger partial charge on any atom is 0.271 e. The molecule has 3 rings (SSSR count). The van der Waals surface area contributed by atoms with E-state index < -0.39 is 43.3 Å². The molecular weight excluding hydrogens is 534 g/mol. The number of hydrogen-bond acceptors (Lipinski definition) is 5. The highest BCUT2D eigenvalue weighted by Gasteiger charge is 2.47. The number of rotatable bonds is 5. The molecule has 0 unspecified atom stereocenters. The summed E-state index contributed by atoms with van der Waals surface area (Å²) in [6, 6.07) is 6.27. The van der Waals surface area contributed by atoms with Gasteiger partial charge in [0, 0.05) is 27.2 Å². The van der Waals surface area contributed by atoms with Crippen LogP contribution in [0.4, 0.5) is 8.78 Å². The average Bonchev–Trinajstić information content (AvgIpc) is 3.25. The van der Waals surface area contributed by atoms with E-state index in [1.165, 1.54) is 11.3 Å². The molecule has 11 heteroatoms. The Balaban J connectivity index is 1.58. The molecule has 0 radical (unpaired) electrons. The van der Waals surface area contributed by atoms with Crippen LogP contribution < -0.4 is 5.32 Å². The van der Waals surface area contributed by atoms with E-state index in [-0.39, 0.29) is 5.69 Å². The zero-order valence-electron chi connectivity index (χ0n) is 14.8. The summed E-state index contributed by atoms with van der Waals surface area (Å²) in [5, 5.41) is 13.6. The number of nitriles is 1. The largest absolute Gasteiger partial charge is 0.342 e. The number of nitrogens with zero attached hydrogens (tertiary/aromatic N) is 3. The monoisotopic (exact) mass is 546 g/mol. The third kappa shape index (κ3) is 5.38. The van der Waals surface area contributed by atoms with Gasteiger partial charge in [0.1, 0.15) is 11.7 Å². The van der Waals surface area contributed by atoms with Crippen molar-refractivity contribution in [1.82, 2.24) is 15.2 Å². The molecule has 0 spiro atoms. The van der Waals surface area contributed by atoms with Gasteiger partial charge in [-0.15, -0.1) is 11.3 Å². The van der Waals surface area contributed by atoms with Gasteiger partial charge in [-0.3, -0.25) is 9.59 Å². The first kappa shape index (κ1) is 21.8.